The second-order valence-electron chi connectivity index (χ2n) is 6.16. The number of aliphatic imine (C=N–C) groups is 1. The van der Waals surface area contributed by atoms with Gasteiger partial charge in [-0.15, -0.1) is 0 Å². The van der Waals surface area contributed by atoms with E-state index in [1.54, 1.807) is 30.4 Å². The van der Waals surface area contributed by atoms with Gasteiger partial charge in [-0.3, -0.25) is 19.9 Å². The van der Waals surface area contributed by atoms with Crippen LogP contribution in [0.5, 0.6) is 0 Å². The van der Waals surface area contributed by atoms with E-state index in [1.807, 2.05) is 0 Å². The summed E-state index contributed by atoms with van der Waals surface area (Å²) in [5.41, 5.74) is 0.423. The van der Waals surface area contributed by atoms with Gasteiger partial charge in [0.2, 0.25) is 5.91 Å². The van der Waals surface area contributed by atoms with Crippen molar-refractivity contribution in [2.45, 2.75) is 31.3 Å². The number of amides is 1. The Kier molecular flexibility index (Phi) is 5.40. The van der Waals surface area contributed by atoms with E-state index in [0.717, 1.165) is 0 Å². The molecule has 26 heavy (non-hydrogen) atoms. The Morgan fingerprint density at radius 2 is 2.15 bits per heavy atom. The van der Waals surface area contributed by atoms with E-state index in [0.29, 0.717) is 11.4 Å². The van der Waals surface area contributed by atoms with Gasteiger partial charge in [0, 0.05) is 12.5 Å². The average molecular weight is 361 g/mol. The minimum Gasteiger partial charge on any atom is -0.394 e. The van der Waals surface area contributed by atoms with E-state index >= 15 is 0 Å². The maximum atomic E-state index is 12.3. The molecule has 9 nitrogen and oxygen atoms in total. The van der Waals surface area contributed by atoms with E-state index < -0.39 is 29.2 Å². The first-order valence-electron chi connectivity index (χ1n) is 8.19. The van der Waals surface area contributed by atoms with Gasteiger partial charge in [0.1, 0.15) is 11.9 Å². The number of carbonyl (C=O) groups is 1. The molecule has 138 valence electrons. The monoisotopic (exact) mass is 361 g/mol. The van der Waals surface area contributed by atoms with E-state index in [2.05, 4.69) is 10.3 Å². The van der Waals surface area contributed by atoms with Crippen LogP contribution in [0.3, 0.4) is 0 Å². The molecule has 3 N–H and O–H groups in total. The van der Waals surface area contributed by atoms with Crippen LogP contribution < -0.4 is 5.32 Å². The van der Waals surface area contributed by atoms with Gasteiger partial charge in [-0.05, 0) is 6.08 Å². The molecule has 0 radical (unpaired) electrons. The zero-order valence-electron chi connectivity index (χ0n) is 13.8. The SMILES string of the molecule is O=C1NC(=NCc2ccccc2[N+](=O)[O-])C=CC1[C@@H]1CC(O)[C@@H](CO)O1. The Morgan fingerprint density at radius 1 is 1.38 bits per heavy atom. The van der Waals surface area contributed by atoms with Crippen molar-refractivity contribution in [2.24, 2.45) is 10.9 Å². The predicted octanol–water partition coefficient (Wildman–Crippen LogP) is 0.306. The molecular formula is C17H19N3O6. The largest absolute Gasteiger partial charge is 0.394 e. The second-order valence-corrected chi connectivity index (χ2v) is 6.16. The third-order valence-corrected chi connectivity index (χ3v) is 4.46. The number of nitrogens with zero attached hydrogens (tertiary/aromatic N) is 2. The summed E-state index contributed by atoms with van der Waals surface area (Å²) in [4.78, 5) is 27.1. The van der Waals surface area contributed by atoms with Gasteiger partial charge in [-0.2, -0.15) is 0 Å². The Morgan fingerprint density at radius 3 is 2.81 bits per heavy atom. The van der Waals surface area contributed by atoms with Crippen LogP contribution in [0.4, 0.5) is 5.69 Å². The summed E-state index contributed by atoms with van der Waals surface area (Å²) in [6.45, 7) is -0.245. The molecule has 0 spiro atoms. The molecule has 2 heterocycles. The highest BCUT2D eigenvalue weighted by Gasteiger charge is 2.40. The minimum absolute atomic E-state index is 0.0239. The van der Waals surface area contributed by atoms with Crippen LogP contribution in [-0.4, -0.2) is 51.8 Å². The topological polar surface area (TPSA) is 134 Å². The van der Waals surface area contributed by atoms with Crippen LogP contribution in [0.2, 0.25) is 0 Å². The fraction of sp³-hybridized carbons (Fsp3) is 0.412. The molecule has 0 saturated carbocycles. The number of amidine groups is 1. The summed E-state index contributed by atoms with van der Waals surface area (Å²) in [5.74, 6) is -0.613. The van der Waals surface area contributed by atoms with E-state index in [9.17, 15) is 20.0 Å². The van der Waals surface area contributed by atoms with Crippen molar-refractivity contribution in [1.29, 1.82) is 0 Å². The van der Waals surface area contributed by atoms with Crippen molar-refractivity contribution in [3.8, 4) is 0 Å². The molecular weight excluding hydrogens is 342 g/mol. The molecule has 2 aliphatic rings. The number of carbonyl (C=O) groups excluding carboxylic acids is 1. The van der Waals surface area contributed by atoms with E-state index in [1.165, 1.54) is 6.07 Å². The quantitative estimate of drug-likeness (QED) is 0.510. The van der Waals surface area contributed by atoms with Crippen LogP contribution in [0.25, 0.3) is 0 Å². The maximum Gasteiger partial charge on any atom is 0.274 e. The van der Waals surface area contributed by atoms with Gasteiger partial charge >= 0.3 is 0 Å². The van der Waals surface area contributed by atoms with Crippen LogP contribution in [0.15, 0.2) is 41.4 Å². The maximum absolute atomic E-state index is 12.3. The molecule has 1 saturated heterocycles. The molecule has 4 atom stereocenters. The molecule has 0 bridgehead atoms. The second kappa shape index (κ2) is 7.73. The van der Waals surface area contributed by atoms with Gasteiger partial charge in [0.25, 0.3) is 5.69 Å². The first-order chi connectivity index (χ1) is 12.5. The van der Waals surface area contributed by atoms with Gasteiger partial charge < -0.3 is 20.3 Å². The normalized spacial score (nSPS) is 29.8. The van der Waals surface area contributed by atoms with Crippen molar-refractivity contribution < 1.29 is 24.7 Å². The van der Waals surface area contributed by atoms with Gasteiger partial charge in [-0.1, -0.05) is 24.3 Å². The highest BCUT2D eigenvalue weighted by Crippen LogP contribution is 2.28. The van der Waals surface area contributed by atoms with Crippen molar-refractivity contribution in [1.82, 2.24) is 5.32 Å². The first-order valence-corrected chi connectivity index (χ1v) is 8.19. The molecule has 2 unspecified atom stereocenters. The van der Waals surface area contributed by atoms with E-state index in [4.69, 9.17) is 9.84 Å². The molecule has 1 aromatic rings. The summed E-state index contributed by atoms with van der Waals surface area (Å²) in [6, 6.07) is 6.29. The number of benzene rings is 1. The third kappa shape index (κ3) is 3.79. The Balaban J connectivity index is 1.69. The standard InChI is InChI=1S/C17H19N3O6/c21-9-15-13(22)7-14(26-15)11-5-6-16(19-17(11)23)18-8-10-3-1-2-4-12(10)20(24)25/h1-6,11,13-15,21-22H,7-9H2,(H,18,19,23)/t11?,13?,14-,15+/m0/s1. The van der Waals surface area contributed by atoms with Crippen LogP contribution in [0.1, 0.15) is 12.0 Å². The summed E-state index contributed by atoms with van der Waals surface area (Å²) in [7, 11) is 0. The average Bonchev–Trinajstić information content (AvgIpc) is 3.00. The summed E-state index contributed by atoms with van der Waals surface area (Å²) in [5, 5.41) is 32.6. The smallest absolute Gasteiger partial charge is 0.274 e. The van der Waals surface area contributed by atoms with Gasteiger partial charge in [0.15, 0.2) is 0 Å². The molecule has 0 aliphatic carbocycles. The molecule has 0 aromatic heterocycles. The molecule has 9 heteroatoms. The number of para-hydroxylation sites is 1. The number of hydrogen-bond donors (Lipinski definition) is 3. The predicted molar refractivity (Wildman–Crippen MR) is 91.4 cm³/mol. The molecule has 1 fully saturated rings. The zero-order valence-corrected chi connectivity index (χ0v) is 13.8. The number of rotatable bonds is 5. The number of nitrogens with one attached hydrogen (secondary N) is 1. The number of hydrogen-bond acceptors (Lipinski definition) is 7. The van der Waals surface area contributed by atoms with Crippen molar-refractivity contribution >= 4 is 17.4 Å². The van der Waals surface area contributed by atoms with Gasteiger partial charge in [-0.25, -0.2) is 0 Å². The number of ether oxygens (including phenoxy) is 1. The van der Waals surface area contributed by atoms with Crippen LogP contribution >= 0.6 is 0 Å². The fourth-order valence-electron chi connectivity index (χ4n) is 3.07. The molecule has 1 amide bonds. The Hall–Kier alpha value is -2.62. The molecule has 2 aliphatic heterocycles. The minimum atomic E-state index is -0.806. The lowest BCUT2D eigenvalue weighted by atomic mass is 9.95. The summed E-state index contributed by atoms with van der Waals surface area (Å²) < 4.78 is 5.51. The fourth-order valence-corrected chi connectivity index (χ4v) is 3.07. The number of nitro groups is 1. The van der Waals surface area contributed by atoms with Crippen LogP contribution in [-0.2, 0) is 16.1 Å². The molecule has 1 aromatic carbocycles. The van der Waals surface area contributed by atoms with Crippen molar-refractivity contribution in [3.63, 3.8) is 0 Å². The highest BCUT2D eigenvalue weighted by molar-refractivity contribution is 6.08. The lowest BCUT2D eigenvalue weighted by Crippen LogP contribution is -2.42. The third-order valence-electron chi connectivity index (χ3n) is 4.46. The van der Waals surface area contributed by atoms with Crippen LogP contribution in [0, 0.1) is 16.0 Å². The number of aliphatic hydroxyl groups excluding tert-OH is 2. The summed E-state index contributed by atoms with van der Waals surface area (Å²) >= 11 is 0. The van der Waals surface area contributed by atoms with Gasteiger partial charge in [0.05, 0.1) is 41.8 Å². The number of nitro benzene ring substituents is 1. The number of aliphatic hydroxyl groups is 2. The van der Waals surface area contributed by atoms with E-state index in [-0.39, 0.29) is 31.2 Å². The van der Waals surface area contributed by atoms with Crippen molar-refractivity contribution in [2.75, 3.05) is 6.61 Å². The Labute approximate surface area is 149 Å². The summed E-state index contributed by atoms with van der Waals surface area (Å²) in [6.07, 6.45) is 1.50. The zero-order chi connectivity index (χ0) is 18.7. The highest BCUT2D eigenvalue weighted by atomic mass is 16.6. The molecule has 3 rings (SSSR count). The Bertz CT molecular complexity index is 763. The van der Waals surface area contributed by atoms with Crippen molar-refractivity contribution in [3.05, 3.63) is 52.1 Å². The first kappa shape index (κ1) is 18.2. The lowest BCUT2D eigenvalue weighted by molar-refractivity contribution is -0.385. The lowest BCUT2D eigenvalue weighted by Gasteiger charge is -2.23.